The Morgan fingerprint density at radius 3 is 2.46 bits per heavy atom. The van der Waals surface area contributed by atoms with Crippen LogP contribution in [0.15, 0.2) is 0 Å². The molecule has 0 aliphatic heterocycles. The van der Waals surface area contributed by atoms with E-state index in [1.807, 2.05) is 0 Å². The van der Waals surface area contributed by atoms with Gasteiger partial charge in [0, 0.05) is 13.5 Å². The van der Waals surface area contributed by atoms with Crippen LogP contribution < -0.4 is 0 Å². The van der Waals surface area contributed by atoms with Crippen LogP contribution in [-0.4, -0.2) is 43.3 Å². The maximum Gasteiger partial charge on any atom is 0.411 e. The van der Waals surface area contributed by atoms with Gasteiger partial charge in [0.1, 0.15) is 12.7 Å². The zero-order chi connectivity index (χ0) is 10.1. The Morgan fingerprint density at radius 2 is 2.08 bits per heavy atom. The van der Waals surface area contributed by atoms with E-state index in [0.29, 0.717) is 0 Å². The Morgan fingerprint density at radius 1 is 1.46 bits per heavy atom. The molecule has 3 nitrogen and oxygen atoms in total. The van der Waals surface area contributed by atoms with Crippen LogP contribution in [-0.2, 0) is 9.47 Å². The molecule has 1 rings (SSSR count). The standard InChI is InChI=1S/C7H11F3O3/c1-12-6-4(11)2-5(6)13-3-7(8,9)10/h4-6,11H,2-3H2,1H3. The van der Waals surface area contributed by atoms with Crippen molar-refractivity contribution in [1.29, 1.82) is 0 Å². The van der Waals surface area contributed by atoms with E-state index >= 15 is 0 Å². The first kappa shape index (κ1) is 10.7. The summed E-state index contributed by atoms with van der Waals surface area (Å²) in [4.78, 5) is 0. The van der Waals surface area contributed by atoms with Crippen LogP contribution in [0.5, 0.6) is 0 Å². The van der Waals surface area contributed by atoms with Gasteiger partial charge in [-0.05, 0) is 0 Å². The number of hydrogen-bond donors (Lipinski definition) is 1. The van der Waals surface area contributed by atoms with Gasteiger partial charge in [0.05, 0.1) is 12.2 Å². The molecule has 1 aliphatic rings. The second-order valence-corrected chi connectivity index (χ2v) is 2.97. The summed E-state index contributed by atoms with van der Waals surface area (Å²) in [5, 5.41) is 9.02. The summed E-state index contributed by atoms with van der Waals surface area (Å²) in [5.74, 6) is 0. The monoisotopic (exact) mass is 200 g/mol. The van der Waals surface area contributed by atoms with Crippen molar-refractivity contribution >= 4 is 0 Å². The van der Waals surface area contributed by atoms with Crippen molar-refractivity contribution in [2.75, 3.05) is 13.7 Å². The molecular formula is C7H11F3O3. The van der Waals surface area contributed by atoms with Crippen LogP contribution in [0.3, 0.4) is 0 Å². The molecule has 0 aromatic rings. The number of aliphatic hydroxyl groups is 1. The van der Waals surface area contributed by atoms with E-state index in [1.165, 1.54) is 7.11 Å². The third-order valence-corrected chi connectivity index (χ3v) is 1.95. The molecule has 0 radical (unpaired) electrons. The smallest absolute Gasteiger partial charge is 0.390 e. The van der Waals surface area contributed by atoms with Crippen LogP contribution in [0.1, 0.15) is 6.42 Å². The Balaban J connectivity index is 2.24. The Labute approximate surface area is 73.4 Å². The van der Waals surface area contributed by atoms with Gasteiger partial charge in [-0.25, -0.2) is 0 Å². The average Bonchev–Trinajstić information content (AvgIpc) is 1.96. The minimum atomic E-state index is -4.32. The van der Waals surface area contributed by atoms with Crippen LogP contribution in [0.25, 0.3) is 0 Å². The zero-order valence-electron chi connectivity index (χ0n) is 7.04. The normalized spacial score (nSPS) is 34.4. The molecule has 0 aromatic carbocycles. The SMILES string of the molecule is COC1C(O)CC1OCC(F)(F)F. The van der Waals surface area contributed by atoms with E-state index < -0.39 is 31.1 Å². The fourth-order valence-corrected chi connectivity index (χ4v) is 1.23. The van der Waals surface area contributed by atoms with Gasteiger partial charge >= 0.3 is 6.18 Å². The van der Waals surface area contributed by atoms with Crippen LogP contribution in [0, 0.1) is 0 Å². The molecule has 1 fully saturated rings. The minimum Gasteiger partial charge on any atom is -0.390 e. The fraction of sp³-hybridized carbons (Fsp3) is 1.00. The molecule has 1 saturated carbocycles. The van der Waals surface area contributed by atoms with E-state index in [9.17, 15) is 13.2 Å². The number of hydrogen-bond acceptors (Lipinski definition) is 3. The molecule has 6 heteroatoms. The van der Waals surface area contributed by atoms with Crippen LogP contribution in [0.2, 0.25) is 0 Å². The number of methoxy groups -OCH3 is 1. The highest BCUT2D eigenvalue weighted by Gasteiger charge is 2.43. The number of halogens is 3. The summed E-state index contributed by atoms with van der Waals surface area (Å²) in [6.07, 6.45) is -6.08. The first-order valence-electron chi connectivity index (χ1n) is 3.83. The Bertz CT molecular complexity index is 171. The van der Waals surface area contributed by atoms with Gasteiger partial charge in [-0.3, -0.25) is 0 Å². The first-order chi connectivity index (χ1) is 5.94. The molecule has 1 aliphatic carbocycles. The summed E-state index contributed by atoms with van der Waals surface area (Å²) in [6.45, 7) is -1.29. The lowest BCUT2D eigenvalue weighted by Crippen LogP contribution is -2.53. The highest BCUT2D eigenvalue weighted by atomic mass is 19.4. The molecule has 78 valence electrons. The Kier molecular flexibility index (Phi) is 3.15. The molecule has 1 N–H and O–H groups in total. The summed E-state index contributed by atoms with van der Waals surface area (Å²) in [5.41, 5.74) is 0. The zero-order valence-corrected chi connectivity index (χ0v) is 7.04. The van der Waals surface area contributed by atoms with Gasteiger partial charge in [-0.15, -0.1) is 0 Å². The average molecular weight is 200 g/mol. The molecular weight excluding hydrogens is 189 g/mol. The molecule has 0 aromatic heterocycles. The van der Waals surface area contributed by atoms with Crippen molar-refractivity contribution in [2.45, 2.75) is 30.9 Å². The quantitative estimate of drug-likeness (QED) is 0.729. The van der Waals surface area contributed by atoms with E-state index in [0.717, 1.165) is 0 Å². The third-order valence-electron chi connectivity index (χ3n) is 1.95. The molecule has 0 saturated heterocycles. The molecule has 0 heterocycles. The molecule has 13 heavy (non-hydrogen) atoms. The maximum atomic E-state index is 11.7. The molecule has 0 amide bonds. The number of rotatable bonds is 3. The highest BCUT2D eigenvalue weighted by molar-refractivity contribution is 4.91. The van der Waals surface area contributed by atoms with Gasteiger partial charge in [0.15, 0.2) is 0 Å². The van der Waals surface area contributed by atoms with E-state index in [1.54, 1.807) is 0 Å². The molecule has 3 atom stereocenters. The van der Waals surface area contributed by atoms with Crippen LogP contribution >= 0.6 is 0 Å². The summed E-state index contributed by atoms with van der Waals surface area (Å²) in [6, 6.07) is 0. The predicted octanol–water partition coefficient (Wildman–Crippen LogP) is 0.714. The maximum absolute atomic E-state index is 11.7. The first-order valence-corrected chi connectivity index (χ1v) is 3.83. The van der Waals surface area contributed by atoms with Gasteiger partial charge in [-0.2, -0.15) is 13.2 Å². The van der Waals surface area contributed by atoms with Gasteiger partial charge in [0.25, 0.3) is 0 Å². The van der Waals surface area contributed by atoms with E-state index in [4.69, 9.17) is 9.84 Å². The van der Waals surface area contributed by atoms with E-state index in [2.05, 4.69) is 4.74 Å². The summed E-state index contributed by atoms with van der Waals surface area (Å²) < 4.78 is 44.3. The van der Waals surface area contributed by atoms with E-state index in [-0.39, 0.29) is 6.42 Å². The van der Waals surface area contributed by atoms with Gasteiger partial charge in [0.2, 0.25) is 0 Å². The lowest BCUT2D eigenvalue weighted by atomic mass is 9.88. The largest absolute Gasteiger partial charge is 0.411 e. The van der Waals surface area contributed by atoms with Crippen molar-refractivity contribution in [2.24, 2.45) is 0 Å². The van der Waals surface area contributed by atoms with Gasteiger partial charge < -0.3 is 14.6 Å². The third kappa shape index (κ3) is 2.82. The molecule has 3 unspecified atom stereocenters. The van der Waals surface area contributed by atoms with Crippen molar-refractivity contribution in [3.8, 4) is 0 Å². The number of alkyl halides is 3. The van der Waals surface area contributed by atoms with Crippen molar-refractivity contribution in [3.63, 3.8) is 0 Å². The highest BCUT2D eigenvalue weighted by Crippen LogP contribution is 2.28. The van der Waals surface area contributed by atoms with Crippen LogP contribution in [0.4, 0.5) is 13.2 Å². The van der Waals surface area contributed by atoms with Crippen molar-refractivity contribution in [3.05, 3.63) is 0 Å². The Hall–Kier alpha value is -0.330. The lowest BCUT2D eigenvalue weighted by molar-refractivity contribution is -0.234. The number of aliphatic hydroxyl groups excluding tert-OH is 1. The van der Waals surface area contributed by atoms with Gasteiger partial charge in [-0.1, -0.05) is 0 Å². The topological polar surface area (TPSA) is 38.7 Å². The summed E-state index contributed by atoms with van der Waals surface area (Å²) >= 11 is 0. The van der Waals surface area contributed by atoms with Crippen molar-refractivity contribution in [1.82, 2.24) is 0 Å². The predicted molar refractivity (Wildman–Crippen MR) is 37.2 cm³/mol. The fourth-order valence-electron chi connectivity index (χ4n) is 1.23. The second kappa shape index (κ2) is 3.81. The summed E-state index contributed by atoms with van der Waals surface area (Å²) in [7, 11) is 1.33. The van der Waals surface area contributed by atoms with Crippen molar-refractivity contribution < 1.29 is 27.8 Å². The number of ether oxygens (including phenoxy) is 2. The lowest BCUT2D eigenvalue weighted by Gasteiger charge is -2.39. The molecule has 0 bridgehead atoms. The second-order valence-electron chi connectivity index (χ2n) is 2.97. The molecule has 0 spiro atoms. The minimum absolute atomic E-state index is 0.203.